The van der Waals surface area contributed by atoms with Crippen molar-refractivity contribution in [1.82, 2.24) is 4.98 Å². The molecule has 0 saturated carbocycles. The van der Waals surface area contributed by atoms with Gasteiger partial charge < -0.3 is 9.84 Å². The number of nitriles is 1. The van der Waals surface area contributed by atoms with E-state index in [1.165, 1.54) is 0 Å². The van der Waals surface area contributed by atoms with Crippen LogP contribution < -0.4 is 4.74 Å². The van der Waals surface area contributed by atoms with Crippen molar-refractivity contribution in [3.8, 4) is 17.7 Å². The van der Waals surface area contributed by atoms with Gasteiger partial charge in [0.15, 0.2) is 0 Å². The van der Waals surface area contributed by atoms with Gasteiger partial charge in [-0.25, -0.2) is 4.98 Å². The molecule has 0 aliphatic rings. The Bertz CT molecular complexity index is 692. The molecule has 5 nitrogen and oxygen atoms in total. The zero-order valence-electron chi connectivity index (χ0n) is 11.5. The number of pyridine rings is 1. The van der Waals surface area contributed by atoms with Gasteiger partial charge in [-0.05, 0) is 30.7 Å². The molecule has 0 bridgehead atoms. The van der Waals surface area contributed by atoms with Crippen molar-refractivity contribution >= 4 is 5.97 Å². The molecule has 0 radical (unpaired) electrons. The van der Waals surface area contributed by atoms with Crippen LogP contribution in [0.5, 0.6) is 11.6 Å². The highest BCUT2D eigenvalue weighted by molar-refractivity contribution is 5.71. The van der Waals surface area contributed by atoms with Gasteiger partial charge in [0.1, 0.15) is 5.75 Å². The highest BCUT2D eigenvalue weighted by atomic mass is 16.5. The van der Waals surface area contributed by atoms with Crippen molar-refractivity contribution in [1.29, 1.82) is 5.26 Å². The van der Waals surface area contributed by atoms with Gasteiger partial charge >= 0.3 is 5.97 Å². The Kier molecular flexibility index (Phi) is 4.52. The number of carbonyl (C=O) groups is 1. The van der Waals surface area contributed by atoms with Crippen LogP contribution in [0.15, 0.2) is 42.6 Å². The fourth-order valence-corrected chi connectivity index (χ4v) is 1.85. The summed E-state index contributed by atoms with van der Waals surface area (Å²) in [6, 6.07) is 12.6. The van der Waals surface area contributed by atoms with E-state index in [9.17, 15) is 4.79 Å². The number of benzene rings is 1. The zero-order valence-corrected chi connectivity index (χ0v) is 11.5. The standard InChI is InChI=1S/C16H14N2O3/c1-11(10-17)12-4-2-6-14(8-12)21-16-13(9-15(19)20)5-3-7-18-16/h2-8,11H,9H2,1H3,(H,19,20). The Morgan fingerprint density at radius 2 is 2.24 bits per heavy atom. The summed E-state index contributed by atoms with van der Waals surface area (Å²) in [6.45, 7) is 1.80. The molecule has 0 amide bonds. The van der Waals surface area contributed by atoms with Gasteiger partial charge in [0.25, 0.3) is 0 Å². The van der Waals surface area contributed by atoms with Gasteiger partial charge in [-0.1, -0.05) is 18.2 Å². The number of carboxylic acids is 1. The van der Waals surface area contributed by atoms with Crippen molar-refractivity contribution in [3.63, 3.8) is 0 Å². The summed E-state index contributed by atoms with van der Waals surface area (Å²) in [5, 5.41) is 17.8. The molecule has 1 aromatic carbocycles. The Labute approximate surface area is 122 Å². The van der Waals surface area contributed by atoms with E-state index in [-0.39, 0.29) is 18.2 Å². The van der Waals surface area contributed by atoms with Gasteiger partial charge in [-0.2, -0.15) is 5.26 Å². The van der Waals surface area contributed by atoms with Crippen LogP contribution in [0.4, 0.5) is 0 Å². The summed E-state index contributed by atoms with van der Waals surface area (Å²) in [5.74, 6) is -0.392. The van der Waals surface area contributed by atoms with E-state index in [0.29, 0.717) is 11.3 Å². The topological polar surface area (TPSA) is 83.2 Å². The van der Waals surface area contributed by atoms with Crippen LogP contribution in [-0.2, 0) is 11.2 Å². The molecule has 0 fully saturated rings. The summed E-state index contributed by atoms with van der Waals surface area (Å²) in [4.78, 5) is 14.9. The number of nitrogens with zero attached hydrogens (tertiary/aromatic N) is 2. The maximum Gasteiger partial charge on any atom is 0.308 e. The normalized spacial score (nSPS) is 11.4. The Balaban J connectivity index is 2.26. The van der Waals surface area contributed by atoms with E-state index >= 15 is 0 Å². The number of aromatic nitrogens is 1. The fraction of sp³-hybridized carbons (Fsp3) is 0.188. The van der Waals surface area contributed by atoms with Gasteiger partial charge in [-0.3, -0.25) is 4.79 Å². The van der Waals surface area contributed by atoms with Gasteiger partial charge in [-0.15, -0.1) is 0 Å². The largest absolute Gasteiger partial charge is 0.481 e. The van der Waals surface area contributed by atoms with Crippen LogP contribution in [0.2, 0.25) is 0 Å². The second-order valence-corrected chi connectivity index (χ2v) is 4.56. The lowest BCUT2D eigenvalue weighted by Crippen LogP contribution is -2.03. The number of carboxylic acid groups (broad SMARTS) is 1. The third kappa shape index (κ3) is 3.80. The summed E-state index contributed by atoms with van der Waals surface area (Å²) < 4.78 is 5.66. The quantitative estimate of drug-likeness (QED) is 0.910. The molecule has 1 atom stereocenters. The molecule has 0 aliphatic heterocycles. The number of rotatable bonds is 5. The first-order valence-corrected chi connectivity index (χ1v) is 6.43. The Morgan fingerprint density at radius 3 is 2.95 bits per heavy atom. The number of hydrogen-bond acceptors (Lipinski definition) is 4. The smallest absolute Gasteiger partial charge is 0.308 e. The van der Waals surface area contributed by atoms with Crippen LogP contribution in [0, 0.1) is 11.3 Å². The Morgan fingerprint density at radius 1 is 1.43 bits per heavy atom. The third-order valence-corrected chi connectivity index (χ3v) is 2.96. The molecule has 2 aromatic rings. The molecule has 1 N–H and O–H groups in total. The lowest BCUT2D eigenvalue weighted by atomic mass is 10.0. The van der Waals surface area contributed by atoms with Crippen molar-refractivity contribution < 1.29 is 14.6 Å². The van der Waals surface area contributed by atoms with Crippen molar-refractivity contribution in [2.75, 3.05) is 0 Å². The lowest BCUT2D eigenvalue weighted by Gasteiger charge is -2.10. The van der Waals surface area contributed by atoms with Gasteiger partial charge in [0.2, 0.25) is 5.88 Å². The zero-order chi connectivity index (χ0) is 15.2. The molecule has 106 valence electrons. The van der Waals surface area contributed by atoms with Crippen LogP contribution in [-0.4, -0.2) is 16.1 Å². The van der Waals surface area contributed by atoms with E-state index in [1.807, 2.05) is 6.07 Å². The minimum atomic E-state index is -0.945. The first-order chi connectivity index (χ1) is 10.1. The molecule has 5 heteroatoms. The highest BCUT2D eigenvalue weighted by Crippen LogP contribution is 2.26. The van der Waals surface area contributed by atoms with E-state index in [1.54, 1.807) is 43.5 Å². The number of hydrogen-bond donors (Lipinski definition) is 1. The minimum absolute atomic E-state index is 0.155. The van der Waals surface area contributed by atoms with E-state index in [2.05, 4.69) is 11.1 Å². The summed E-state index contributed by atoms with van der Waals surface area (Å²) in [6.07, 6.45) is 1.39. The van der Waals surface area contributed by atoms with E-state index < -0.39 is 5.97 Å². The second-order valence-electron chi connectivity index (χ2n) is 4.56. The van der Waals surface area contributed by atoms with E-state index in [4.69, 9.17) is 15.1 Å². The number of ether oxygens (including phenoxy) is 1. The summed E-state index contributed by atoms with van der Waals surface area (Å²) in [5.41, 5.74) is 1.34. The van der Waals surface area contributed by atoms with Crippen LogP contribution >= 0.6 is 0 Å². The van der Waals surface area contributed by atoms with Crippen LogP contribution in [0.3, 0.4) is 0 Å². The average Bonchev–Trinajstić information content (AvgIpc) is 2.48. The van der Waals surface area contributed by atoms with E-state index in [0.717, 1.165) is 5.56 Å². The molecular formula is C16H14N2O3. The van der Waals surface area contributed by atoms with Crippen LogP contribution in [0.1, 0.15) is 24.0 Å². The maximum absolute atomic E-state index is 10.8. The maximum atomic E-state index is 10.8. The molecule has 0 spiro atoms. The van der Waals surface area contributed by atoms with Crippen molar-refractivity contribution in [3.05, 3.63) is 53.7 Å². The second kappa shape index (κ2) is 6.53. The van der Waals surface area contributed by atoms with Crippen molar-refractivity contribution in [2.45, 2.75) is 19.3 Å². The highest BCUT2D eigenvalue weighted by Gasteiger charge is 2.11. The molecule has 1 aromatic heterocycles. The first-order valence-electron chi connectivity index (χ1n) is 6.43. The van der Waals surface area contributed by atoms with Crippen molar-refractivity contribution in [2.24, 2.45) is 0 Å². The molecule has 1 heterocycles. The predicted molar refractivity (Wildman–Crippen MR) is 76.1 cm³/mol. The lowest BCUT2D eigenvalue weighted by molar-refractivity contribution is -0.136. The molecular weight excluding hydrogens is 268 g/mol. The SMILES string of the molecule is CC(C#N)c1cccc(Oc2ncccc2CC(=O)O)c1. The third-order valence-electron chi connectivity index (χ3n) is 2.96. The van der Waals surface area contributed by atoms with Gasteiger partial charge in [0, 0.05) is 11.8 Å². The molecule has 1 unspecified atom stereocenters. The fourth-order valence-electron chi connectivity index (χ4n) is 1.85. The average molecular weight is 282 g/mol. The number of aliphatic carboxylic acids is 1. The predicted octanol–water partition coefficient (Wildman–Crippen LogP) is 3.13. The van der Waals surface area contributed by atoms with Gasteiger partial charge in [0.05, 0.1) is 18.4 Å². The summed E-state index contributed by atoms with van der Waals surface area (Å²) >= 11 is 0. The van der Waals surface area contributed by atoms with Crippen LogP contribution in [0.25, 0.3) is 0 Å². The molecule has 2 rings (SSSR count). The molecule has 0 saturated heterocycles. The molecule has 21 heavy (non-hydrogen) atoms. The monoisotopic (exact) mass is 282 g/mol. The summed E-state index contributed by atoms with van der Waals surface area (Å²) in [7, 11) is 0. The molecule has 0 aliphatic carbocycles. The first kappa shape index (κ1) is 14.5. The Hall–Kier alpha value is -2.87. The minimum Gasteiger partial charge on any atom is -0.481 e.